The highest BCUT2D eigenvalue weighted by Gasteiger charge is 2.22. The normalized spacial score (nSPS) is 14.0. The first-order chi connectivity index (χ1) is 14.9. The summed E-state index contributed by atoms with van der Waals surface area (Å²) in [5.41, 5.74) is 2.10. The summed E-state index contributed by atoms with van der Waals surface area (Å²) in [6.07, 6.45) is 0.517. The van der Waals surface area contributed by atoms with Crippen molar-refractivity contribution in [2.24, 2.45) is 5.92 Å². The molecule has 0 unspecified atom stereocenters. The van der Waals surface area contributed by atoms with Gasteiger partial charge in [0.2, 0.25) is 5.91 Å². The van der Waals surface area contributed by atoms with Gasteiger partial charge in [-0.3, -0.25) is 9.59 Å². The molecule has 1 saturated heterocycles. The number of piperazine rings is 1. The fraction of sp³-hybridized carbons (Fsp3) is 0.417. The molecule has 166 valence electrons. The number of anilines is 2. The molecule has 0 radical (unpaired) electrons. The van der Waals surface area contributed by atoms with E-state index in [4.69, 9.17) is 16.3 Å². The van der Waals surface area contributed by atoms with E-state index in [-0.39, 0.29) is 11.8 Å². The van der Waals surface area contributed by atoms with Crippen LogP contribution in [0.2, 0.25) is 5.02 Å². The van der Waals surface area contributed by atoms with Crippen LogP contribution in [0, 0.1) is 5.92 Å². The highest BCUT2D eigenvalue weighted by Crippen LogP contribution is 2.30. The number of carbonyl (C=O) groups excluding carboxylic acids is 2. The number of carbonyl (C=O) groups is 2. The lowest BCUT2D eigenvalue weighted by molar-refractivity contribution is -0.131. The van der Waals surface area contributed by atoms with E-state index in [2.05, 4.69) is 24.1 Å². The molecule has 1 fully saturated rings. The number of ether oxygens (including phenoxy) is 1. The van der Waals surface area contributed by atoms with Crippen LogP contribution >= 0.6 is 11.6 Å². The summed E-state index contributed by atoms with van der Waals surface area (Å²) >= 11 is 6.21. The molecular weight excluding hydrogens is 414 g/mol. The van der Waals surface area contributed by atoms with Crippen molar-refractivity contribution >= 4 is 34.8 Å². The Balaban J connectivity index is 1.69. The number of hydrogen-bond donors (Lipinski definition) is 1. The third-order valence-electron chi connectivity index (χ3n) is 5.18. The molecule has 0 saturated carbocycles. The SMILES string of the molecule is CCC(=O)N1CCN(c2ccc(Cl)cc2NC(=O)c2ccc(OCC(C)C)cc2)CC1. The standard InChI is InChI=1S/C24H30ClN3O3/c1-4-23(29)28-13-11-27(12-14-28)22-10-7-19(25)15-21(22)26-24(30)18-5-8-20(9-6-18)31-16-17(2)3/h5-10,15,17H,4,11-14,16H2,1-3H3,(H,26,30). The second kappa shape index (κ2) is 10.5. The van der Waals surface area contributed by atoms with Crippen LogP contribution in [-0.4, -0.2) is 49.5 Å². The van der Waals surface area contributed by atoms with Crippen molar-refractivity contribution in [2.75, 3.05) is 43.0 Å². The molecular formula is C24H30ClN3O3. The smallest absolute Gasteiger partial charge is 0.255 e. The average Bonchev–Trinajstić information content (AvgIpc) is 2.77. The number of nitrogens with one attached hydrogen (secondary N) is 1. The molecule has 0 aliphatic carbocycles. The zero-order chi connectivity index (χ0) is 22.4. The maximum Gasteiger partial charge on any atom is 0.255 e. The van der Waals surface area contributed by atoms with Crippen molar-refractivity contribution in [3.05, 3.63) is 53.1 Å². The van der Waals surface area contributed by atoms with Crippen LogP contribution < -0.4 is 15.0 Å². The van der Waals surface area contributed by atoms with Crippen LogP contribution in [0.4, 0.5) is 11.4 Å². The highest BCUT2D eigenvalue weighted by molar-refractivity contribution is 6.31. The minimum absolute atomic E-state index is 0.171. The molecule has 7 heteroatoms. The summed E-state index contributed by atoms with van der Waals surface area (Å²) in [7, 11) is 0. The topological polar surface area (TPSA) is 61.9 Å². The van der Waals surface area contributed by atoms with Crippen molar-refractivity contribution < 1.29 is 14.3 Å². The van der Waals surface area contributed by atoms with Crippen molar-refractivity contribution in [3.63, 3.8) is 0 Å². The van der Waals surface area contributed by atoms with Gasteiger partial charge in [0.25, 0.3) is 5.91 Å². The summed E-state index contributed by atoms with van der Waals surface area (Å²) in [6, 6.07) is 12.6. The maximum absolute atomic E-state index is 12.9. The first kappa shape index (κ1) is 22.9. The van der Waals surface area contributed by atoms with Crippen molar-refractivity contribution in [1.29, 1.82) is 0 Å². The molecule has 0 atom stereocenters. The number of rotatable bonds is 7. The van der Waals surface area contributed by atoms with E-state index in [9.17, 15) is 9.59 Å². The van der Waals surface area contributed by atoms with Gasteiger partial charge in [0.05, 0.1) is 18.0 Å². The maximum atomic E-state index is 12.9. The molecule has 2 aromatic rings. The third-order valence-corrected chi connectivity index (χ3v) is 5.42. The number of amides is 2. The van der Waals surface area contributed by atoms with E-state index in [1.165, 1.54) is 0 Å². The number of benzene rings is 2. The monoisotopic (exact) mass is 443 g/mol. The van der Waals surface area contributed by atoms with Crippen molar-refractivity contribution in [1.82, 2.24) is 4.90 Å². The van der Waals surface area contributed by atoms with Gasteiger partial charge in [0, 0.05) is 43.2 Å². The zero-order valence-corrected chi connectivity index (χ0v) is 19.1. The first-order valence-corrected chi connectivity index (χ1v) is 11.1. The fourth-order valence-electron chi connectivity index (χ4n) is 3.46. The van der Waals surface area contributed by atoms with E-state index in [1.54, 1.807) is 30.3 Å². The Morgan fingerprint density at radius 2 is 1.74 bits per heavy atom. The fourth-order valence-corrected chi connectivity index (χ4v) is 3.64. The van der Waals surface area contributed by atoms with Crippen LogP contribution in [0.15, 0.2) is 42.5 Å². The van der Waals surface area contributed by atoms with Crippen LogP contribution in [0.3, 0.4) is 0 Å². The minimum Gasteiger partial charge on any atom is -0.493 e. The molecule has 0 aromatic heterocycles. The van der Waals surface area contributed by atoms with Gasteiger partial charge in [-0.2, -0.15) is 0 Å². The lowest BCUT2D eigenvalue weighted by atomic mass is 10.1. The van der Waals surface area contributed by atoms with E-state index in [0.29, 0.717) is 61.4 Å². The number of halogens is 1. The molecule has 2 aromatic carbocycles. The molecule has 1 heterocycles. The Morgan fingerprint density at radius 3 is 2.35 bits per heavy atom. The second-order valence-electron chi connectivity index (χ2n) is 8.07. The average molecular weight is 444 g/mol. The minimum atomic E-state index is -0.210. The summed E-state index contributed by atoms with van der Waals surface area (Å²) in [5.74, 6) is 1.14. The number of nitrogens with zero attached hydrogens (tertiary/aromatic N) is 2. The van der Waals surface area contributed by atoms with Gasteiger partial charge >= 0.3 is 0 Å². The molecule has 1 N–H and O–H groups in total. The second-order valence-corrected chi connectivity index (χ2v) is 8.50. The molecule has 31 heavy (non-hydrogen) atoms. The summed E-state index contributed by atoms with van der Waals surface area (Å²) in [6.45, 7) is 9.44. The van der Waals surface area contributed by atoms with Crippen LogP contribution in [0.25, 0.3) is 0 Å². The van der Waals surface area contributed by atoms with Crippen molar-refractivity contribution in [2.45, 2.75) is 27.2 Å². The van der Waals surface area contributed by atoms with Gasteiger partial charge in [-0.15, -0.1) is 0 Å². The first-order valence-electron chi connectivity index (χ1n) is 10.7. The van der Waals surface area contributed by atoms with E-state index in [1.807, 2.05) is 24.0 Å². The zero-order valence-electron chi connectivity index (χ0n) is 18.4. The van der Waals surface area contributed by atoms with Gasteiger partial charge in [-0.25, -0.2) is 0 Å². The van der Waals surface area contributed by atoms with E-state index < -0.39 is 0 Å². The van der Waals surface area contributed by atoms with Gasteiger partial charge in [0.1, 0.15) is 5.75 Å². The van der Waals surface area contributed by atoms with E-state index >= 15 is 0 Å². The third kappa shape index (κ3) is 6.14. The molecule has 0 bridgehead atoms. The lowest BCUT2D eigenvalue weighted by Gasteiger charge is -2.37. The Hall–Kier alpha value is -2.73. The molecule has 3 rings (SSSR count). The Bertz CT molecular complexity index is 907. The Morgan fingerprint density at radius 1 is 1.06 bits per heavy atom. The molecule has 1 aliphatic heterocycles. The summed E-state index contributed by atoms with van der Waals surface area (Å²) in [5, 5.41) is 3.55. The molecule has 0 spiro atoms. The molecule has 2 amide bonds. The number of hydrogen-bond acceptors (Lipinski definition) is 4. The van der Waals surface area contributed by atoms with Gasteiger partial charge in [-0.1, -0.05) is 32.4 Å². The summed E-state index contributed by atoms with van der Waals surface area (Å²) in [4.78, 5) is 28.9. The predicted molar refractivity (Wildman–Crippen MR) is 125 cm³/mol. The van der Waals surface area contributed by atoms with Gasteiger partial charge in [-0.05, 0) is 48.4 Å². The molecule has 6 nitrogen and oxygen atoms in total. The Labute approximate surface area is 189 Å². The van der Waals surface area contributed by atoms with Crippen LogP contribution in [0.1, 0.15) is 37.6 Å². The predicted octanol–water partition coefficient (Wildman–Crippen LogP) is 4.69. The largest absolute Gasteiger partial charge is 0.493 e. The van der Waals surface area contributed by atoms with Gasteiger partial charge in [0.15, 0.2) is 0 Å². The summed E-state index contributed by atoms with van der Waals surface area (Å²) < 4.78 is 5.68. The quantitative estimate of drug-likeness (QED) is 0.674. The Kier molecular flexibility index (Phi) is 7.80. The van der Waals surface area contributed by atoms with Crippen molar-refractivity contribution in [3.8, 4) is 5.75 Å². The van der Waals surface area contributed by atoms with Crippen LogP contribution in [-0.2, 0) is 4.79 Å². The van der Waals surface area contributed by atoms with Gasteiger partial charge < -0.3 is 19.9 Å². The molecule has 1 aliphatic rings. The lowest BCUT2D eigenvalue weighted by Crippen LogP contribution is -2.48. The highest BCUT2D eigenvalue weighted by atomic mass is 35.5. The van der Waals surface area contributed by atoms with Crippen LogP contribution in [0.5, 0.6) is 5.75 Å². The van der Waals surface area contributed by atoms with E-state index in [0.717, 1.165) is 11.4 Å².